The maximum Gasteiger partial charge on any atom is 0.167 e. The molecular weight excluding hydrogens is 657 g/mol. The molecule has 2 aliphatic rings. The number of benzene rings is 9. The van der Waals surface area contributed by atoms with Crippen molar-refractivity contribution < 1.29 is 9.15 Å². The minimum atomic E-state index is -0.131. The van der Waals surface area contributed by atoms with Gasteiger partial charge in [0, 0.05) is 16.5 Å². The van der Waals surface area contributed by atoms with Gasteiger partial charge in [-0.25, -0.2) is 0 Å². The van der Waals surface area contributed by atoms with Gasteiger partial charge < -0.3 is 9.15 Å². The minimum Gasteiger partial charge on any atom is -0.481 e. The van der Waals surface area contributed by atoms with Gasteiger partial charge in [0.15, 0.2) is 11.9 Å². The largest absolute Gasteiger partial charge is 0.481 e. The van der Waals surface area contributed by atoms with Crippen LogP contribution in [0.15, 0.2) is 180 Å². The molecule has 2 nitrogen and oxygen atoms in total. The van der Waals surface area contributed by atoms with E-state index < -0.39 is 0 Å². The summed E-state index contributed by atoms with van der Waals surface area (Å²) in [6, 6.07) is 61.8. The van der Waals surface area contributed by atoms with Crippen molar-refractivity contribution in [2.45, 2.75) is 12.0 Å². The standard InChI is InChI=1S/C52H32O2/c1-2-12-35-34(11-1)30-46(37-14-4-3-13-36(35)37)50-41-18-7-5-16-39(41)49(40-17-6-8-19-42(40)50)32-23-21-31(22-24-32)33-25-28-48-45(29-33)44-27-26-43-38-15-9-10-20-47(38)53-51(43)52(44)54-48/h1-30,43,51H. The van der Waals surface area contributed by atoms with E-state index in [9.17, 15) is 0 Å². The smallest absolute Gasteiger partial charge is 0.167 e. The summed E-state index contributed by atoms with van der Waals surface area (Å²) in [6.45, 7) is 0. The molecule has 0 radical (unpaired) electrons. The first kappa shape index (κ1) is 29.7. The van der Waals surface area contributed by atoms with Gasteiger partial charge in [-0.15, -0.1) is 0 Å². The van der Waals surface area contributed by atoms with E-state index in [-0.39, 0.29) is 12.0 Å². The Morgan fingerprint density at radius 2 is 1.02 bits per heavy atom. The van der Waals surface area contributed by atoms with Crippen LogP contribution in [0.1, 0.15) is 28.9 Å². The zero-order valence-corrected chi connectivity index (χ0v) is 29.3. The van der Waals surface area contributed by atoms with E-state index in [2.05, 4.69) is 176 Å². The van der Waals surface area contributed by atoms with Crippen LogP contribution >= 0.6 is 0 Å². The van der Waals surface area contributed by atoms with Crippen molar-refractivity contribution in [3.05, 3.63) is 193 Å². The number of fused-ring (bicyclic) bond motifs is 12. The number of furan rings is 1. The SMILES string of the molecule is C1=CC2c3ccccc3OC2c2oc3ccc(-c4ccc(-c5c6ccccc6c(-c6cc7ccccc7c7ccccc67)c6ccccc56)cc4)cc3c21. The zero-order chi connectivity index (χ0) is 35.3. The summed E-state index contributed by atoms with van der Waals surface area (Å²) in [7, 11) is 0. The highest BCUT2D eigenvalue weighted by molar-refractivity contribution is 6.25. The van der Waals surface area contributed by atoms with E-state index in [0.717, 1.165) is 33.6 Å². The second kappa shape index (κ2) is 11.3. The first-order valence-electron chi connectivity index (χ1n) is 18.7. The van der Waals surface area contributed by atoms with Crippen LogP contribution in [0.5, 0.6) is 5.75 Å². The molecule has 0 saturated carbocycles. The fourth-order valence-electron chi connectivity index (χ4n) is 9.38. The molecule has 0 bridgehead atoms. The highest BCUT2D eigenvalue weighted by Gasteiger charge is 2.40. The summed E-state index contributed by atoms with van der Waals surface area (Å²) in [6.07, 6.45) is 4.37. The van der Waals surface area contributed by atoms with Gasteiger partial charge in [-0.05, 0) is 101 Å². The number of hydrogen-bond acceptors (Lipinski definition) is 2. The van der Waals surface area contributed by atoms with Crippen molar-refractivity contribution >= 4 is 60.1 Å². The van der Waals surface area contributed by atoms with Crippen molar-refractivity contribution in [3.63, 3.8) is 0 Å². The van der Waals surface area contributed by atoms with E-state index in [1.807, 2.05) is 6.07 Å². The molecular formula is C52H32O2. The average molecular weight is 689 g/mol. The third kappa shape index (κ3) is 4.22. The number of rotatable bonds is 3. The van der Waals surface area contributed by atoms with Crippen molar-refractivity contribution in [2.24, 2.45) is 0 Å². The quantitative estimate of drug-likeness (QED) is 0.136. The van der Waals surface area contributed by atoms with Crippen molar-refractivity contribution in [2.75, 3.05) is 0 Å². The van der Waals surface area contributed by atoms with E-state index in [1.165, 1.54) is 76.5 Å². The Morgan fingerprint density at radius 1 is 0.426 bits per heavy atom. The molecule has 10 aromatic rings. The Kier molecular flexibility index (Phi) is 6.20. The van der Waals surface area contributed by atoms with Crippen molar-refractivity contribution in [1.29, 1.82) is 0 Å². The third-order valence-electron chi connectivity index (χ3n) is 11.8. The summed E-state index contributed by atoms with van der Waals surface area (Å²) in [4.78, 5) is 0. The molecule has 12 rings (SSSR count). The minimum absolute atomic E-state index is 0.131. The molecule has 2 unspecified atom stereocenters. The second-order valence-electron chi connectivity index (χ2n) is 14.7. The Bertz CT molecular complexity index is 3140. The lowest BCUT2D eigenvalue weighted by molar-refractivity contribution is 0.193. The molecule has 0 spiro atoms. The van der Waals surface area contributed by atoms with Crippen LogP contribution in [0.3, 0.4) is 0 Å². The first-order chi connectivity index (χ1) is 26.8. The topological polar surface area (TPSA) is 22.4 Å². The highest BCUT2D eigenvalue weighted by atomic mass is 16.5. The summed E-state index contributed by atoms with van der Waals surface area (Å²) in [5.41, 5.74) is 10.6. The van der Waals surface area contributed by atoms with Gasteiger partial charge in [0.25, 0.3) is 0 Å². The fourth-order valence-corrected chi connectivity index (χ4v) is 9.38. The predicted octanol–water partition coefficient (Wildman–Crippen LogP) is 14.3. The molecule has 9 aromatic carbocycles. The summed E-state index contributed by atoms with van der Waals surface area (Å²) >= 11 is 0. The molecule has 0 N–H and O–H groups in total. The average Bonchev–Trinajstić information content (AvgIpc) is 3.81. The van der Waals surface area contributed by atoms with Crippen molar-refractivity contribution in [3.8, 4) is 39.1 Å². The molecule has 0 saturated heterocycles. The van der Waals surface area contributed by atoms with E-state index >= 15 is 0 Å². The molecule has 54 heavy (non-hydrogen) atoms. The molecule has 1 aromatic heterocycles. The predicted molar refractivity (Wildman–Crippen MR) is 224 cm³/mol. The van der Waals surface area contributed by atoms with Crippen LogP contribution < -0.4 is 4.74 Å². The van der Waals surface area contributed by atoms with Gasteiger partial charge in [0.2, 0.25) is 0 Å². The maximum atomic E-state index is 6.50. The maximum absolute atomic E-state index is 6.50. The van der Waals surface area contributed by atoms with Crippen molar-refractivity contribution in [1.82, 2.24) is 0 Å². The zero-order valence-electron chi connectivity index (χ0n) is 29.3. The second-order valence-corrected chi connectivity index (χ2v) is 14.7. The Labute approximate surface area is 312 Å². The molecule has 2 heteroatoms. The molecule has 0 fully saturated rings. The summed E-state index contributed by atoms with van der Waals surface area (Å²) < 4.78 is 12.9. The number of para-hydroxylation sites is 1. The highest BCUT2D eigenvalue weighted by Crippen LogP contribution is 2.52. The van der Waals surface area contributed by atoms with E-state index in [1.54, 1.807) is 0 Å². The number of ether oxygens (including phenoxy) is 1. The van der Waals surface area contributed by atoms with Gasteiger partial charge in [0.05, 0.1) is 5.92 Å². The Hall–Kier alpha value is -6.90. The molecule has 1 aliphatic heterocycles. The molecule has 2 atom stereocenters. The van der Waals surface area contributed by atoms with Gasteiger partial charge in [0.1, 0.15) is 11.3 Å². The van der Waals surface area contributed by atoms with E-state index in [4.69, 9.17) is 9.15 Å². The Morgan fingerprint density at radius 3 is 1.78 bits per heavy atom. The normalized spacial score (nSPS) is 15.9. The van der Waals surface area contributed by atoms with Crippen LogP contribution in [0.25, 0.3) is 93.5 Å². The fraction of sp³-hybridized carbons (Fsp3) is 0.0385. The lowest BCUT2D eigenvalue weighted by Gasteiger charge is -2.19. The van der Waals surface area contributed by atoms with Gasteiger partial charge >= 0.3 is 0 Å². The molecule has 2 heterocycles. The van der Waals surface area contributed by atoms with Gasteiger partial charge in [-0.2, -0.15) is 0 Å². The number of hydrogen-bond donors (Lipinski definition) is 0. The molecule has 0 amide bonds. The van der Waals surface area contributed by atoms with Gasteiger partial charge in [-0.3, -0.25) is 0 Å². The van der Waals surface area contributed by atoms with Crippen LogP contribution in [-0.2, 0) is 0 Å². The van der Waals surface area contributed by atoms with E-state index in [0.29, 0.717) is 0 Å². The van der Waals surface area contributed by atoms with Crippen LogP contribution in [-0.4, -0.2) is 0 Å². The monoisotopic (exact) mass is 688 g/mol. The molecule has 252 valence electrons. The van der Waals surface area contributed by atoms with Crippen LogP contribution in [0.2, 0.25) is 0 Å². The lowest BCUT2D eigenvalue weighted by atomic mass is 9.83. The summed E-state index contributed by atoms with van der Waals surface area (Å²) in [5.74, 6) is 2.04. The Balaban J connectivity index is 0.990. The molecule has 1 aliphatic carbocycles. The first-order valence-corrected chi connectivity index (χ1v) is 18.7. The third-order valence-corrected chi connectivity index (χ3v) is 11.8. The van der Waals surface area contributed by atoms with Crippen LogP contribution in [0, 0.1) is 0 Å². The lowest BCUT2D eigenvalue weighted by Crippen LogP contribution is -2.11. The van der Waals surface area contributed by atoms with Gasteiger partial charge in [-0.1, -0.05) is 158 Å². The summed E-state index contributed by atoms with van der Waals surface area (Å²) in [5, 5.41) is 11.2. The van der Waals surface area contributed by atoms with Crippen LogP contribution in [0.4, 0.5) is 0 Å².